The fraction of sp³-hybridized carbons (Fsp3) is 0.273. The summed E-state index contributed by atoms with van der Waals surface area (Å²) in [6, 6.07) is 0. The molecule has 2 aromatic heterocycles. The summed E-state index contributed by atoms with van der Waals surface area (Å²) >= 11 is 1.48. The average molecular weight is 278 g/mol. The van der Waals surface area contributed by atoms with Crippen LogP contribution in [0.15, 0.2) is 24.0 Å². The number of anilines is 1. The lowest BCUT2D eigenvalue weighted by atomic mass is 10.1. The van der Waals surface area contributed by atoms with Gasteiger partial charge >= 0.3 is 0 Å². The van der Waals surface area contributed by atoms with Crippen molar-refractivity contribution in [3.8, 4) is 0 Å². The number of hydrogen-bond donors (Lipinski definition) is 3. The first-order chi connectivity index (χ1) is 9.03. The van der Waals surface area contributed by atoms with Crippen molar-refractivity contribution in [2.75, 3.05) is 5.43 Å². The summed E-state index contributed by atoms with van der Waals surface area (Å²) in [5.74, 6) is 5.23. The van der Waals surface area contributed by atoms with E-state index in [1.165, 1.54) is 23.7 Å². The van der Waals surface area contributed by atoms with Crippen LogP contribution >= 0.6 is 11.3 Å². The number of carbonyl (C=O) groups is 1. The van der Waals surface area contributed by atoms with Gasteiger partial charge in [0.05, 0.1) is 17.9 Å². The lowest BCUT2D eigenvalue weighted by Gasteiger charge is -2.23. The summed E-state index contributed by atoms with van der Waals surface area (Å²) in [6.07, 6.45) is 4.52. The van der Waals surface area contributed by atoms with E-state index in [-0.39, 0.29) is 11.6 Å². The van der Waals surface area contributed by atoms with Gasteiger partial charge in [-0.15, -0.1) is 11.3 Å². The topological polar surface area (TPSA) is 106 Å². The van der Waals surface area contributed by atoms with Crippen LogP contribution in [0.1, 0.15) is 29.3 Å². The largest absolute Gasteiger partial charge is 0.339 e. The molecule has 0 spiro atoms. The smallest absolute Gasteiger partial charge is 0.272 e. The van der Waals surface area contributed by atoms with E-state index >= 15 is 0 Å². The van der Waals surface area contributed by atoms with Crippen molar-refractivity contribution < 1.29 is 4.79 Å². The van der Waals surface area contributed by atoms with E-state index in [9.17, 15) is 4.79 Å². The second-order valence-corrected chi connectivity index (χ2v) is 5.24. The number of nitrogens with zero attached hydrogens (tertiary/aromatic N) is 3. The summed E-state index contributed by atoms with van der Waals surface area (Å²) in [6.45, 7) is 3.75. The molecule has 2 heterocycles. The second kappa shape index (κ2) is 5.29. The Labute approximate surface area is 114 Å². The Balaban J connectivity index is 2.16. The maximum Gasteiger partial charge on any atom is 0.272 e. The summed E-state index contributed by atoms with van der Waals surface area (Å²) in [4.78, 5) is 24.2. The van der Waals surface area contributed by atoms with Gasteiger partial charge in [0, 0.05) is 11.6 Å². The molecule has 4 N–H and O–H groups in total. The van der Waals surface area contributed by atoms with Crippen LogP contribution in [-0.4, -0.2) is 20.9 Å². The lowest BCUT2D eigenvalue weighted by molar-refractivity contribution is 0.0906. The number of nitrogen functional groups attached to an aromatic ring is 1. The second-order valence-electron chi connectivity index (χ2n) is 4.35. The molecule has 0 bridgehead atoms. The third-order valence-electron chi connectivity index (χ3n) is 2.41. The molecule has 0 aliphatic rings. The van der Waals surface area contributed by atoms with Crippen molar-refractivity contribution in [3.05, 3.63) is 34.7 Å². The number of aromatic nitrogens is 3. The summed E-state index contributed by atoms with van der Waals surface area (Å²) in [7, 11) is 0. The minimum Gasteiger partial charge on any atom is -0.339 e. The number of nitrogens with one attached hydrogen (secondary N) is 2. The molecule has 2 aromatic rings. The van der Waals surface area contributed by atoms with Crippen molar-refractivity contribution in [1.82, 2.24) is 20.3 Å². The Morgan fingerprint density at radius 3 is 2.84 bits per heavy atom. The van der Waals surface area contributed by atoms with Gasteiger partial charge in [-0.2, -0.15) is 0 Å². The SMILES string of the molecule is CC(C)(NC(=O)c1cncc(NN)n1)c1nccs1. The predicted molar refractivity (Wildman–Crippen MR) is 72.4 cm³/mol. The highest BCUT2D eigenvalue weighted by molar-refractivity contribution is 7.09. The van der Waals surface area contributed by atoms with Crippen molar-refractivity contribution in [1.29, 1.82) is 0 Å². The molecule has 0 atom stereocenters. The summed E-state index contributed by atoms with van der Waals surface area (Å²) in [5, 5.41) is 5.55. The highest BCUT2D eigenvalue weighted by atomic mass is 32.1. The molecular weight excluding hydrogens is 264 g/mol. The molecule has 1 amide bonds. The third-order valence-corrected chi connectivity index (χ3v) is 3.50. The third kappa shape index (κ3) is 3.04. The zero-order valence-corrected chi connectivity index (χ0v) is 11.4. The molecular formula is C11H14N6OS. The van der Waals surface area contributed by atoms with E-state index < -0.39 is 5.54 Å². The Kier molecular flexibility index (Phi) is 3.72. The molecule has 0 fully saturated rings. The molecule has 0 unspecified atom stereocenters. The van der Waals surface area contributed by atoms with E-state index in [4.69, 9.17) is 5.84 Å². The average Bonchev–Trinajstić information content (AvgIpc) is 2.93. The first-order valence-electron chi connectivity index (χ1n) is 5.54. The number of carbonyl (C=O) groups excluding carboxylic acids is 1. The molecule has 8 heteroatoms. The lowest BCUT2D eigenvalue weighted by Crippen LogP contribution is -2.41. The van der Waals surface area contributed by atoms with Crippen LogP contribution in [0.5, 0.6) is 0 Å². The minimum atomic E-state index is -0.570. The van der Waals surface area contributed by atoms with Crippen LogP contribution in [-0.2, 0) is 5.54 Å². The van der Waals surface area contributed by atoms with Crippen molar-refractivity contribution in [2.24, 2.45) is 5.84 Å². The van der Waals surface area contributed by atoms with Gasteiger partial charge in [-0.3, -0.25) is 9.78 Å². The quantitative estimate of drug-likeness (QED) is 0.566. The van der Waals surface area contributed by atoms with Gasteiger partial charge in [-0.25, -0.2) is 15.8 Å². The molecule has 100 valence electrons. The van der Waals surface area contributed by atoms with Crippen molar-refractivity contribution in [2.45, 2.75) is 19.4 Å². The zero-order valence-electron chi connectivity index (χ0n) is 10.5. The van der Waals surface area contributed by atoms with E-state index in [0.717, 1.165) is 5.01 Å². The molecule has 2 rings (SSSR count). The number of hydrogen-bond acceptors (Lipinski definition) is 7. The van der Waals surface area contributed by atoms with Crippen LogP contribution in [0.2, 0.25) is 0 Å². The normalized spacial score (nSPS) is 11.1. The Morgan fingerprint density at radius 1 is 1.42 bits per heavy atom. The Morgan fingerprint density at radius 2 is 2.21 bits per heavy atom. The maximum absolute atomic E-state index is 12.1. The van der Waals surface area contributed by atoms with Crippen molar-refractivity contribution >= 4 is 23.1 Å². The molecule has 0 aliphatic carbocycles. The van der Waals surface area contributed by atoms with Gasteiger partial charge in [0.1, 0.15) is 10.7 Å². The van der Waals surface area contributed by atoms with Gasteiger partial charge < -0.3 is 10.7 Å². The van der Waals surface area contributed by atoms with Crippen molar-refractivity contribution in [3.63, 3.8) is 0 Å². The van der Waals surface area contributed by atoms with Gasteiger partial charge in [0.15, 0.2) is 5.82 Å². The minimum absolute atomic E-state index is 0.195. The monoisotopic (exact) mass is 278 g/mol. The van der Waals surface area contributed by atoms with Crippen LogP contribution in [0, 0.1) is 0 Å². The number of rotatable bonds is 4. The Bertz CT molecular complexity index is 568. The highest BCUT2D eigenvalue weighted by Gasteiger charge is 2.26. The molecule has 7 nitrogen and oxygen atoms in total. The van der Waals surface area contributed by atoms with Gasteiger partial charge in [-0.1, -0.05) is 0 Å². The van der Waals surface area contributed by atoms with E-state index in [1.807, 2.05) is 19.2 Å². The number of thiazole rings is 1. The fourth-order valence-electron chi connectivity index (χ4n) is 1.48. The van der Waals surface area contributed by atoms with Gasteiger partial charge in [-0.05, 0) is 13.8 Å². The Hall–Kier alpha value is -2.06. The van der Waals surface area contributed by atoms with E-state index in [0.29, 0.717) is 5.82 Å². The fourth-order valence-corrected chi connectivity index (χ4v) is 2.20. The number of nitrogens with two attached hydrogens (primary N) is 1. The van der Waals surface area contributed by atoms with Crippen LogP contribution in [0.3, 0.4) is 0 Å². The summed E-state index contributed by atoms with van der Waals surface area (Å²) in [5.41, 5.74) is 1.97. The molecule has 0 saturated carbocycles. The molecule has 0 aliphatic heterocycles. The first kappa shape index (κ1) is 13.4. The van der Waals surface area contributed by atoms with Gasteiger partial charge in [0.25, 0.3) is 5.91 Å². The highest BCUT2D eigenvalue weighted by Crippen LogP contribution is 2.22. The van der Waals surface area contributed by atoms with Crippen LogP contribution in [0.25, 0.3) is 0 Å². The number of amides is 1. The molecule has 19 heavy (non-hydrogen) atoms. The summed E-state index contributed by atoms with van der Waals surface area (Å²) < 4.78 is 0. The number of hydrazine groups is 1. The molecule has 0 saturated heterocycles. The zero-order chi connectivity index (χ0) is 13.9. The molecule has 0 aromatic carbocycles. The maximum atomic E-state index is 12.1. The van der Waals surface area contributed by atoms with E-state index in [2.05, 4.69) is 25.7 Å². The first-order valence-corrected chi connectivity index (χ1v) is 6.42. The van der Waals surface area contributed by atoms with Crippen LogP contribution in [0.4, 0.5) is 5.82 Å². The van der Waals surface area contributed by atoms with E-state index in [1.54, 1.807) is 6.20 Å². The standard InChI is InChI=1S/C11H14N6OS/c1-11(2,10-14-3-4-19-10)16-9(18)7-5-13-6-8(15-7)17-12/h3-6H,12H2,1-2H3,(H,15,17)(H,16,18). The molecule has 0 radical (unpaired) electrons. The van der Waals surface area contributed by atoms with Gasteiger partial charge in [0.2, 0.25) is 0 Å². The van der Waals surface area contributed by atoms with Crippen LogP contribution < -0.4 is 16.6 Å². The predicted octanol–water partition coefficient (Wildman–Crippen LogP) is 0.884.